The number of benzene rings is 3. The molecule has 0 bridgehead atoms. The molecule has 0 fully saturated rings. The summed E-state index contributed by atoms with van der Waals surface area (Å²) in [4.78, 5) is 28.4. The molecular formula is C30H33ClN4O8S. The summed E-state index contributed by atoms with van der Waals surface area (Å²) in [6, 6.07) is 14.4. The van der Waals surface area contributed by atoms with Crippen LogP contribution in [0.5, 0.6) is 17.2 Å². The maximum Gasteiger partial charge on any atom is 0.323 e. The van der Waals surface area contributed by atoms with E-state index in [1.165, 1.54) is 40.5 Å². The summed E-state index contributed by atoms with van der Waals surface area (Å²) < 4.78 is 45.1. The average molecular weight is 645 g/mol. The fourth-order valence-electron chi connectivity index (χ4n) is 4.96. The van der Waals surface area contributed by atoms with Gasteiger partial charge in [0.1, 0.15) is 6.10 Å². The van der Waals surface area contributed by atoms with Crippen LogP contribution >= 0.6 is 11.6 Å². The second-order valence-electron chi connectivity index (χ2n) is 10.7. The number of ether oxygens (including phenoxy) is 3. The Labute approximate surface area is 260 Å². The Kier molecular flexibility index (Phi) is 9.20. The number of halogens is 1. The van der Waals surface area contributed by atoms with Crippen molar-refractivity contribution in [2.75, 3.05) is 44.2 Å². The van der Waals surface area contributed by atoms with E-state index in [9.17, 15) is 23.1 Å². The maximum absolute atomic E-state index is 13.7. The van der Waals surface area contributed by atoms with Crippen LogP contribution in [0.3, 0.4) is 0 Å². The van der Waals surface area contributed by atoms with Crippen LogP contribution in [0.1, 0.15) is 24.2 Å². The molecule has 3 atom stereocenters. The molecule has 0 aliphatic carbocycles. The summed E-state index contributed by atoms with van der Waals surface area (Å²) >= 11 is 5.96. The van der Waals surface area contributed by atoms with E-state index < -0.39 is 34.1 Å². The zero-order valence-electron chi connectivity index (χ0n) is 24.3. The molecule has 0 radical (unpaired) electrons. The van der Waals surface area contributed by atoms with E-state index in [2.05, 4.69) is 10.6 Å². The Balaban J connectivity index is 1.45. The van der Waals surface area contributed by atoms with Gasteiger partial charge < -0.3 is 34.9 Å². The van der Waals surface area contributed by atoms with Crippen LogP contribution in [0.4, 0.5) is 16.2 Å². The zero-order chi connectivity index (χ0) is 31.6. The minimum atomic E-state index is -3.92. The second-order valence-corrected chi connectivity index (χ2v) is 13.2. The van der Waals surface area contributed by atoms with Gasteiger partial charge in [0.15, 0.2) is 17.2 Å². The van der Waals surface area contributed by atoms with E-state index in [4.69, 9.17) is 25.8 Å². The van der Waals surface area contributed by atoms with Gasteiger partial charge in [-0.25, -0.2) is 13.2 Å². The number of hydrogen-bond donors (Lipinski definition) is 3. The molecule has 0 spiro atoms. The number of fused-ring (bicyclic) bond motifs is 2. The highest BCUT2D eigenvalue weighted by Gasteiger charge is 2.36. The number of anilines is 2. The number of nitrogens with zero attached hydrogens (tertiary/aromatic N) is 2. The molecule has 12 nitrogen and oxygen atoms in total. The van der Waals surface area contributed by atoms with Crippen molar-refractivity contribution in [3.05, 3.63) is 71.2 Å². The van der Waals surface area contributed by atoms with Gasteiger partial charge >= 0.3 is 6.03 Å². The van der Waals surface area contributed by atoms with Crippen LogP contribution in [0, 0.1) is 5.92 Å². The molecular weight excluding hydrogens is 612 g/mol. The molecule has 14 heteroatoms. The monoisotopic (exact) mass is 644 g/mol. The van der Waals surface area contributed by atoms with Crippen molar-refractivity contribution >= 4 is 44.9 Å². The van der Waals surface area contributed by atoms with E-state index >= 15 is 0 Å². The molecule has 3 N–H and O–H groups in total. The van der Waals surface area contributed by atoms with Crippen LogP contribution in [0.15, 0.2) is 65.6 Å². The lowest BCUT2D eigenvalue weighted by molar-refractivity contribution is 0.0389. The smallest absolute Gasteiger partial charge is 0.323 e. The number of urea groups is 1. The molecule has 0 saturated carbocycles. The zero-order valence-corrected chi connectivity index (χ0v) is 25.9. The minimum Gasteiger partial charge on any atom is -0.486 e. The summed E-state index contributed by atoms with van der Waals surface area (Å²) in [7, 11) is -2.47. The van der Waals surface area contributed by atoms with Gasteiger partial charge in [0.2, 0.25) is 16.8 Å². The van der Waals surface area contributed by atoms with Gasteiger partial charge in [-0.15, -0.1) is 0 Å². The number of aliphatic hydroxyl groups excluding tert-OH is 1. The lowest BCUT2D eigenvalue weighted by Gasteiger charge is -2.38. The van der Waals surface area contributed by atoms with E-state index in [0.29, 0.717) is 22.2 Å². The molecule has 234 valence electrons. The summed E-state index contributed by atoms with van der Waals surface area (Å²) in [6.07, 6.45) is -0.748. The van der Waals surface area contributed by atoms with Crippen molar-refractivity contribution in [1.82, 2.24) is 9.21 Å². The van der Waals surface area contributed by atoms with Gasteiger partial charge in [-0.05, 0) is 55.5 Å². The number of amides is 3. The third kappa shape index (κ3) is 6.55. The van der Waals surface area contributed by atoms with Gasteiger partial charge in [0.25, 0.3) is 5.91 Å². The number of nitrogens with one attached hydrogen (secondary N) is 2. The molecule has 0 unspecified atom stereocenters. The first-order valence-electron chi connectivity index (χ1n) is 13.9. The van der Waals surface area contributed by atoms with E-state index in [0.717, 1.165) is 0 Å². The lowest BCUT2D eigenvalue weighted by atomic mass is 9.99. The Morgan fingerprint density at radius 3 is 2.57 bits per heavy atom. The highest BCUT2D eigenvalue weighted by molar-refractivity contribution is 7.89. The van der Waals surface area contributed by atoms with Gasteiger partial charge in [0.05, 0.1) is 35.3 Å². The van der Waals surface area contributed by atoms with Crippen molar-refractivity contribution < 1.29 is 37.3 Å². The second kappa shape index (κ2) is 12.9. The summed E-state index contributed by atoms with van der Waals surface area (Å²) in [6.45, 7) is 3.50. The first kappa shape index (κ1) is 31.4. The Morgan fingerprint density at radius 1 is 1.11 bits per heavy atom. The van der Waals surface area contributed by atoms with Gasteiger partial charge in [-0.3, -0.25) is 4.79 Å². The number of para-hydroxylation sites is 1. The maximum atomic E-state index is 13.7. The molecule has 0 saturated heterocycles. The number of rotatable bonds is 8. The molecule has 2 aliphatic rings. The third-order valence-electron chi connectivity index (χ3n) is 7.53. The van der Waals surface area contributed by atoms with Gasteiger partial charge in [0, 0.05) is 36.3 Å². The summed E-state index contributed by atoms with van der Waals surface area (Å²) in [5, 5.41) is 15.8. The molecule has 44 heavy (non-hydrogen) atoms. The highest BCUT2D eigenvalue weighted by Crippen LogP contribution is 2.37. The Morgan fingerprint density at radius 2 is 1.84 bits per heavy atom. The van der Waals surface area contributed by atoms with Crippen molar-refractivity contribution in [3.63, 3.8) is 0 Å². The number of carbonyl (C=O) groups excluding carboxylic acids is 2. The minimum absolute atomic E-state index is 0.0662. The Bertz CT molecular complexity index is 1650. The van der Waals surface area contributed by atoms with E-state index in [1.807, 2.05) is 6.92 Å². The number of sulfonamides is 1. The Hall–Kier alpha value is -4.04. The normalized spacial score (nSPS) is 18.6. The lowest BCUT2D eigenvalue weighted by Crippen LogP contribution is -2.50. The molecule has 3 amide bonds. The fourth-order valence-corrected chi connectivity index (χ4v) is 6.27. The van der Waals surface area contributed by atoms with Crippen LogP contribution in [0.25, 0.3) is 0 Å². The number of likely N-dealkylation sites (N-methyl/N-ethyl adjacent to an activating group) is 1. The fraction of sp³-hybridized carbons (Fsp3) is 0.333. The summed E-state index contributed by atoms with van der Waals surface area (Å²) in [5.41, 5.74) is 0.810. The largest absolute Gasteiger partial charge is 0.486 e. The van der Waals surface area contributed by atoms with Crippen molar-refractivity contribution in [2.45, 2.75) is 30.9 Å². The molecule has 2 aliphatic heterocycles. The van der Waals surface area contributed by atoms with Crippen LogP contribution in [-0.4, -0.2) is 80.4 Å². The first-order valence-corrected chi connectivity index (χ1v) is 15.7. The van der Waals surface area contributed by atoms with Gasteiger partial charge in [-0.2, -0.15) is 4.31 Å². The molecule has 0 aromatic heterocycles. The SMILES string of the molecule is C[C@@H]1CN([C@H](C)CO)C(=O)c2cccc(NC(=O)Nc3ccc4c(c3)OCO4)c2O[C@@H]1CN(C)S(=O)(=O)c1ccc(Cl)cc1. The predicted molar refractivity (Wildman–Crippen MR) is 164 cm³/mol. The van der Waals surface area contributed by atoms with E-state index in [1.54, 1.807) is 43.3 Å². The highest BCUT2D eigenvalue weighted by atomic mass is 35.5. The summed E-state index contributed by atoms with van der Waals surface area (Å²) in [5.74, 6) is 0.377. The van der Waals surface area contributed by atoms with Crippen molar-refractivity contribution in [3.8, 4) is 17.2 Å². The van der Waals surface area contributed by atoms with Gasteiger partial charge in [-0.1, -0.05) is 24.6 Å². The van der Waals surface area contributed by atoms with Crippen molar-refractivity contribution in [2.24, 2.45) is 5.92 Å². The quantitative estimate of drug-likeness (QED) is 0.330. The first-order chi connectivity index (χ1) is 21.0. The number of aliphatic hydroxyl groups is 1. The van der Waals surface area contributed by atoms with Crippen LogP contribution in [0.2, 0.25) is 5.02 Å². The molecule has 3 aromatic carbocycles. The van der Waals surface area contributed by atoms with Crippen LogP contribution in [-0.2, 0) is 10.0 Å². The van der Waals surface area contributed by atoms with Crippen molar-refractivity contribution in [1.29, 1.82) is 0 Å². The molecule has 2 heterocycles. The predicted octanol–water partition coefficient (Wildman–Crippen LogP) is 4.25. The van der Waals surface area contributed by atoms with Crippen LogP contribution < -0.4 is 24.8 Å². The number of carbonyl (C=O) groups is 2. The average Bonchev–Trinajstić information content (AvgIpc) is 3.47. The topological polar surface area (TPSA) is 147 Å². The number of hydrogen-bond acceptors (Lipinski definition) is 8. The standard InChI is InChI=1S/C30H33ClN4O8S/c1-18-14-35(19(2)16-36)29(37)23-5-4-6-24(33-30(38)32-21-9-12-25-26(13-21)42-17-41-25)28(23)43-27(18)15-34(3)44(39,40)22-10-7-20(31)8-11-22/h4-13,18-19,27,36H,14-17H2,1-3H3,(H2,32,33,38)/t18-,19-,27-/m1/s1. The molecule has 5 rings (SSSR count). The third-order valence-corrected chi connectivity index (χ3v) is 9.62. The van der Waals surface area contributed by atoms with E-state index in [-0.39, 0.29) is 54.3 Å². The molecule has 3 aromatic rings.